The van der Waals surface area contributed by atoms with Gasteiger partial charge in [0, 0.05) is 0 Å². The number of hydrogen-bond donors (Lipinski definition) is 3. The van der Waals surface area contributed by atoms with Crippen molar-refractivity contribution in [1.29, 1.82) is 0 Å². The number of hydrogen-bond acceptors (Lipinski definition) is 1. The van der Waals surface area contributed by atoms with Gasteiger partial charge in [-0.2, -0.15) is 0 Å². The molecule has 0 amide bonds. The van der Waals surface area contributed by atoms with Gasteiger partial charge in [0.05, 0.1) is 0 Å². The second-order valence-electron chi connectivity index (χ2n) is 1.51. The fourth-order valence-corrected chi connectivity index (χ4v) is 0. The predicted molar refractivity (Wildman–Crippen MR) is 35.1 cm³/mol. The summed E-state index contributed by atoms with van der Waals surface area (Å²) in [7, 11) is -4.64. The topological polar surface area (TPSA) is 77.8 Å². The third kappa shape index (κ3) is 103. The molecule has 0 saturated carbocycles. The Kier molecular flexibility index (Phi) is 10.2. The molecule has 6 heteroatoms. The van der Waals surface area contributed by atoms with Gasteiger partial charge in [-0.15, -0.1) is 0 Å². The first-order valence-electron chi connectivity index (χ1n) is 2.70. The maximum absolute atomic E-state index is 8.88. The van der Waals surface area contributed by atoms with Crippen LogP contribution in [0.15, 0.2) is 0 Å². The third-order valence-corrected chi connectivity index (χ3v) is 1.50. The Balaban J connectivity index is 0. The van der Waals surface area contributed by atoms with E-state index in [0.29, 0.717) is 0 Å². The SMILES string of the molecule is CC[CH2][Na].O=P(O)(O)O. The Morgan fingerprint density at radius 1 is 1.44 bits per heavy atom. The summed E-state index contributed by atoms with van der Waals surface area (Å²) in [6.07, 6.45) is 1.38. The fraction of sp³-hybridized carbons (Fsp3) is 1.00. The van der Waals surface area contributed by atoms with Crippen LogP contribution in [-0.4, -0.2) is 42.6 Å². The summed E-state index contributed by atoms with van der Waals surface area (Å²) in [6.45, 7) is 2.22. The Bertz CT molecular complexity index is 79.5. The minimum Gasteiger partial charge on any atom is -0.303 e. The van der Waals surface area contributed by atoms with Gasteiger partial charge in [0.15, 0.2) is 0 Å². The molecule has 0 unspecified atom stereocenters. The molecule has 0 aliphatic carbocycles. The molecule has 0 aromatic carbocycles. The molecular weight excluding hydrogens is 154 g/mol. The largest absolute Gasteiger partial charge is 0.466 e. The maximum Gasteiger partial charge on any atom is 0.466 e. The zero-order valence-corrected chi connectivity index (χ0v) is 8.51. The molecule has 0 heterocycles. The first kappa shape index (κ1) is 12.8. The van der Waals surface area contributed by atoms with E-state index < -0.39 is 7.82 Å². The van der Waals surface area contributed by atoms with Crippen LogP contribution in [0, 0.1) is 0 Å². The van der Waals surface area contributed by atoms with Crippen molar-refractivity contribution in [3.05, 3.63) is 0 Å². The van der Waals surface area contributed by atoms with Gasteiger partial charge in [-0.05, 0) is 0 Å². The molecule has 0 aliphatic rings. The van der Waals surface area contributed by atoms with Crippen LogP contribution in [-0.2, 0) is 4.57 Å². The van der Waals surface area contributed by atoms with Crippen molar-refractivity contribution in [2.75, 3.05) is 0 Å². The molecule has 0 aliphatic heterocycles. The van der Waals surface area contributed by atoms with Gasteiger partial charge in [-0.3, -0.25) is 0 Å². The van der Waals surface area contributed by atoms with Gasteiger partial charge in [0.1, 0.15) is 0 Å². The zero-order valence-electron chi connectivity index (χ0n) is 5.61. The van der Waals surface area contributed by atoms with Gasteiger partial charge in [0.2, 0.25) is 0 Å². The van der Waals surface area contributed by atoms with Crippen molar-refractivity contribution >= 4 is 35.8 Å². The molecule has 0 saturated heterocycles. The van der Waals surface area contributed by atoms with Crippen LogP contribution in [0.3, 0.4) is 0 Å². The predicted octanol–water partition coefficient (Wildman–Crippen LogP) is 0.0546. The quantitative estimate of drug-likeness (QED) is 0.378. The van der Waals surface area contributed by atoms with Crippen molar-refractivity contribution in [2.24, 2.45) is 0 Å². The molecule has 52 valence electrons. The smallest absolute Gasteiger partial charge is 0.303 e. The minimum absolute atomic E-state index is 1.38. The van der Waals surface area contributed by atoms with Crippen molar-refractivity contribution in [2.45, 2.75) is 17.0 Å². The second-order valence-corrected chi connectivity index (χ2v) is 3.54. The summed E-state index contributed by atoms with van der Waals surface area (Å²) in [4.78, 5) is 21.6. The van der Waals surface area contributed by atoms with E-state index in [9.17, 15) is 0 Å². The molecular formula is C3H10NaO4P. The van der Waals surface area contributed by atoms with Crippen molar-refractivity contribution in [3.8, 4) is 0 Å². The summed E-state index contributed by atoms with van der Waals surface area (Å²) in [5.74, 6) is 0. The summed E-state index contributed by atoms with van der Waals surface area (Å²) in [5, 5.41) is 0. The van der Waals surface area contributed by atoms with Crippen LogP contribution in [0.25, 0.3) is 0 Å². The van der Waals surface area contributed by atoms with Crippen LogP contribution in [0.2, 0.25) is 3.67 Å². The normalized spacial score (nSPS) is 10.0. The van der Waals surface area contributed by atoms with Crippen LogP contribution in [0.5, 0.6) is 0 Å². The molecule has 9 heavy (non-hydrogen) atoms. The first-order chi connectivity index (χ1) is 3.91. The van der Waals surface area contributed by atoms with E-state index in [1.165, 1.54) is 38.0 Å². The van der Waals surface area contributed by atoms with Crippen LogP contribution >= 0.6 is 7.82 Å². The van der Waals surface area contributed by atoms with Gasteiger partial charge in [-0.25, -0.2) is 4.57 Å². The van der Waals surface area contributed by atoms with Gasteiger partial charge < -0.3 is 14.7 Å². The monoisotopic (exact) mass is 164 g/mol. The van der Waals surface area contributed by atoms with Crippen LogP contribution in [0.4, 0.5) is 0 Å². The van der Waals surface area contributed by atoms with E-state index in [0.717, 1.165) is 0 Å². The van der Waals surface area contributed by atoms with E-state index in [1.54, 1.807) is 0 Å². The molecule has 0 fully saturated rings. The second kappa shape index (κ2) is 7.22. The van der Waals surface area contributed by atoms with E-state index >= 15 is 0 Å². The molecule has 0 radical (unpaired) electrons. The molecule has 0 bridgehead atoms. The van der Waals surface area contributed by atoms with Crippen molar-refractivity contribution in [3.63, 3.8) is 0 Å². The Morgan fingerprint density at radius 2 is 1.56 bits per heavy atom. The fourth-order valence-electron chi connectivity index (χ4n) is 0. The molecule has 0 atom stereocenters. The van der Waals surface area contributed by atoms with E-state index in [4.69, 9.17) is 19.2 Å². The minimum atomic E-state index is -4.64. The van der Waals surface area contributed by atoms with Crippen LogP contribution < -0.4 is 0 Å². The summed E-state index contributed by atoms with van der Waals surface area (Å²) < 4.78 is 10.3. The standard InChI is InChI=1S/C3H7.Na.H3O4P/c1-3-2;;1-5(2,3)4/h1,3H2,2H3;;(H3,1,2,3,4). The van der Waals surface area contributed by atoms with Gasteiger partial charge in [0.25, 0.3) is 0 Å². The molecule has 0 aromatic heterocycles. The van der Waals surface area contributed by atoms with Gasteiger partial charge >= 0.3 is 52.8 Å². The number of rotatable bonds is 1. The summed E-state index contributed by atoms with van der Waals surface area (Å²) in [5.41, 5.74) is 0. The van der Waals surface area contributed by atoms with E-state index in [2.05, 4.69) is 6.92 Å². The third-order valence-electron chi connectivity index (χ3n) is 0.500. The number of phosphoric acid groups is 1. The molecule has 0 spiro atoms. The van der Waals surface area contributed by atoms with Crippen molar-refractivity contribution in [1.82, 2.24) is 0 Å². The molecule has 3 N–H and O–H groups in total. The summed E-state index contributed by atoms with van der Waals surface area (Å²) >= 11 is 1.39. The molecule has 0 rings (SSSR count). The van der Waals surface area contributed by atoms with Gasteiger partial charge in [-0.1, -0.05) is 0 Å². The average molecular weight is 164 g/mol. The molecule has 4 nitrogen and oxygen atoms in total. The Labute approximate surface area is 71.9 Å². The van der Waals surface area contributed by atoms with Crippen LogP contribution in [0.1, 0.15) is 13.3 Å². The van der Waals surface area contributed by atoms with Crippen molar-refractivity contribution < 1.29 is 19.2 Å². The summed E-state index contributed by atoms with van der Waals surface area (Å²) in [6, 6.07) is 0. The Hall–Kier alpha value is 1.11. The maximum atomic E-state index is 8.88. The first-order valence-corrected chi connectivity index (χ1v) is 5.68. The molecule has 0 aromatic rings. The zero-order chi connectivity index (χ0) is 7.91. The van der Waals surface area contributed by atoms with E-state index in [-0.39, 0.29) is 0 Å². The average Bonchev–Trinajstić information content (AvgIpc) is 1.61. The van der Waals surface area contributed by atoms with E-state index in [1.807, 2.05) is 0 Å². The Morgan fingerprint density at radius 3 is 1.56 bits per heavy atom.